The first-order valence-electron chi connectivity index (χ1n) is 11.4. The van der Waals surface area contributed by atoms with E-state index in [2.05, 4.69) is 10.6 Å². The van der Waals surface area contributed by atoms with E-state index in [9.17, 15) is 33.1 Å². The number of nitrogens with one attached hydrogen (secondary N) is 2. The molecule has 2 aliphatic rings. The number of fused-ring (bicyclic) bond motifs is 1. The summed E-state index contributed by atoms with van der Waals surface area (Å²) in [4.78, 5) is 51.9. The van der Waals surface area contributed by atoms with E-state index in [0.29, 0.717) is 0 Å². The van der Waals surface area contributed by atoms with Crippen LogP contribution in [-0.2, 0) is 19.1 Å². The second kappa shape index (κ2) is 9.30. The first-order valence-corrected chi connectivity index (χ1v) is 11.4. The van der Waals surface area contributed by atoms with Gasteiger partial charge in [0.25, 0.3) is 0 Å². The fourth-order valence-electron chi connectivity index (χ4n) is 4.71. The summed E-state index contributed by atoms with van der Waals surface area (Å²) in [6.45, 7) is 14.5. The van der Waals surface area contributed by atoms with Crippen molar-refractivity contribution in [2.24, 2.45) is 22.7 Å². The molecule has 1 saturated heterocycles. The predicted octanol–water partition coefficient (Wildman–Crippen LogP) is 2.63. The molecule has 1 aliphatic heterocycles. The van der Waals surface area contributed by atoms with Crippen LogP contribution in [0.25, 0.3) is 0 Å². The van der Waals surface area contributed by atoms with Crippen LogP contribution in [0.15, 0.2) is 0 Å². The van der Waals surface area contributed by atoms with Crippen LogP contribution >= 0.6 is 0 Å². The summed E-state index contributed by atoms with van der Waals surface area (Å²) in [6, 6.07) is -3.84. The van der Waals surface area contributed by atoms with Gasteiger partial charge in [0.2, 0.25) is 18.2 Å². The lowest BCUT2D eigenvalue weighted by Gasteiger charge is -2.38. The Kier molecular flexibility index (Phi) is 7.60. The number of piperidine rings is 1. The minimum atomic E-state index is -2.92. The standard InChI is InChI=1S/C23H37F2N3O6/c1-21(2,3)16(27-20(33)34-22(4,5)6)18(30)28-10-11-14(23(11,7)8)15(28)17(29)26-12(19(31)32)9-13(24)25/h11-16H,9-10H2,1-8H3,(H,26,29)(H,27,33)(H,31,32)/t11-,12?,14-,15-,16+/m0/s1. The maximum Gasteiger partial charge on any atom is 0.408 e. The van der Waals surface area contributed by atoms with Crippen LogP contribution in [0.4, 0.5) is 13.6 Å². The van der Waals surface area contributed by atoms with Gasteiger partial charge in [-0.05, 0) is 43.4 Å². The summed E-state index contributed by atoms with van der Waals surface area (Å²) in [5, 5.41) is 14.1. The third-order valence-electron chi connectivity index (χ3n) is 6.56. The predicted molar refractivity (Wildman–Crippen MR) is 119 cm³/mol. The number of carbonyl (C=O) groups excluding carboxylic acids is 3. The van der Waals surface area contributed by atoms with Gasteiger partial charge in [0.05, 0.1) is 0 Å². The number of rotatable bonds is 7. The number of hydrogen-bond acceptors (Lipinski definition) is 5. The van der Waals surface area contributed by atoms with Crippen LogP contribution in [0.5, 0.6) is 0 Å². The van der Waals surface area contributed by atoms with E-state index in [1.54, 1.807) is 41.5 Å². The van der Waals surface area contributed by atoms with Crippen LogP contribution < -0.4 is 10.6 Å². The summed E-state index contributed by atoms with van der Waals surface area (Å²) in [7, 11) is 0. The Morgan fingerprint density at radius 1 is 1.09 bits per heavy atom. The van der Waals surface area contributed by atoms with Crippen molar-refractivity contribution in [3.05, 3.63) is 0 Å². The number of carboxylic acid groups (broad SMARTS) is 1. The average molecular weight is 490 g/mol. The van der Waals surface area contributed by atoms with Crippen molar-refractivity contribution in [1.82, 2.24) is 15.5 Å². The van der Waals surface area contributed by atoms with E-state index >= 15 is 0 Å². The molecule has 0 spiro atoms. The maximum absolute atomic E-state index is 13.6. The second-order valence-electron chi connectivity index (χ2n) is 11.9. The molecule has 11 heteroatoms. The van der Waals surface area contributed by atoms with Crippen LogP contribution in [0, 0.1) is 22.7 Å². The summed E-state index contributed by atoms with van der Waals surface area (Å²) in [5.74, 6) is -3.13. The van der Waals surface area contributed by atoms with Gasteiger partial charge in [-0.3, -0.25) is 9.59 Å². The molecule has 1 aliphatic carbocycles. The van der Waals surface area contributed by atoms with Gasteiger partial charge in [0, 0.05) is 13.0 Å². The van der Waals surface area contributed by atoms with Gasteiger partial charge in [-0.25, -0.2) is 18.4 Å². The quantitative estimate of drug-likeness (QED) is 0.505. The number of likely N-dealkylation sites (tertiary alicyclic amines) is 1. The van der Waals surface area contributed by atoms with E-state index in [4.69, 9.17) is 4.74 Å². The number of carbonyl (C=O) groups is 4. The summed E-state index contributed by atoms with van der Waals surface area (Å²) >= 11 is 0. The number of hydrogen-bond donors (Lipinski definition) is 3. The Morgan fingerprint density at radius 3 is 2.09 bits per heavy atom. The van der Waals surface area contributed by atoms with E-state index in [-0.39, 0.29) is 23.8 Å². The Balaban J connectivity index is 2.29. The van der Waals surface area contributed by atoms with E-state index in [1.165, 1.54) is 4.90 Å². The van der Waals surface area contributed by atoms with Crippen molar-refractivity contribution in [3.63, 3.8) is 0 Å². The van der Waals surface area contributed by atoms with Gasteiger partial charge in [-0.1, -0.05) is 34.6 Å². The molecule has 2 fully saturated rings. The zero-order valence-corrected chi connectivity index (χ0v) is 21.1. The molecular formula is C23H37F2N3O6. The van der Waals surface area contributed by atoms with Crippen LogP contribution in [0.3, 0.4) is 0 Å². The highest BCUT2D eigenvalue weighted by Crippen LogP contribution is 2.65. The Morgan fingerprint density at radius 2 is 1.65 bits per heavy atom. The first-order chi connectivity index (χ1) is 15.3. The molecule has 9 nitrogen and oxygen atoms in total. The summed E-state index contributed by atoms with van der Waals surface area (Å²) in [5.41, 5.74) is -1.79. The Bertz CT molecular complexity index is 834. The average Bonchev–Trinajstić information content (AvgIpc) is 2.98. The smallest absolute Gasteiger partial charge is 0.408 e. The summed E-state index contributed by atoms with van der Waals surface area (Å²) < 4.78 is 31.0. The molecule has 2 rings (SSSR count). The number of alkyl carbamates (subject to hydrolysis) is 1. The van der Waals surface area contributed by atoms with Gasteiger partial charge in [0.1, 0.15) is 23.7 Å². The SMILES string of the molecule is CC(C)(C)OC(=O)N[C@H](C(=O)N1C[C@H]2[C@@H]([C@H]1C(=O)NC(CC(F)F)C(=O)O)C2(C)C)C(C)(C)C. The topological polar surface area (TPSA) is 125 Å². The van der Waals surface area contributed by atoms with Gasteiger partial charge in [-0.2, -0.15) is 0 Å². The first kappa shape index (κ1) is 27.8. The zero-order chi connectivity index (χ0) is 26.4. The fourth-order valence-corrected chi connectivity index (χ4v) is 4.71. The fraction of sp³-hybridized carbons (Fsp3) is 0.826. The number of alkyl halides is 2. The number of carboxylic acids is 1. The van der Waals surface area contributed by atoms with E-state index < -0.39 is 65.9 Å². The van der Waals surface area contributed by atoms with Crippen LogP contribution in [0.1, 0.15) is 61.8 Å². The molecule has 3 amide bonds. The zero-order valence-electron chi connectivity index (χ0n) is 21.1. The van der Waals surface area contributed by atoms with Crippen molar-refractivity contribution in [2.45, 2.75) is 92.0 Å². The third-order valence-corrected chi connectivity index (χ3v) is 6.56. The van der Waals surface area contributed by atoms with Crippen molar-refractivity contribution < 1.29 is 37.8 Å². The van der Waals surface area contributed by atoms with E-state index in [1.807, 2.05) is 13.8 Å². The minimum absolute atomic E-state index is 0.00674. The van der Waals surface area contributed by atoms with Crippen LogP contribution in [-0.4, -0.2) is 70.6 Å². The van der Waals surface area contributed by atoms with Gasteiger partial charge in [-0.15, -0.1) is 0 Å². The molecule has 3 N–H and O–H groups in total. The van der Waals surface area contributed by atoms with Gasteiger partial charge >= 0.3 is 12.1 Å². The van der Waals surface area contributed by atoms with E-state index in [0.717, 1.165) is 0 Å². The molecule has 194 valence electrons. The number of ether oxygens (including phenoxy) is 1. The van der Waals surface area contributed by atoms with Crippen LogP contribution in [0.2, 0.25) is 0 Å². The molecule has 1 unspecified atom stereocenters. The second-order valence-corrected chi connectivity index (χ2v) is 11.9. The maximum atomic E-state index is 13.6. The van der Waals surface area contributed by atoms with Gasteiger partial charge in [0.15, 0.2) is 0 Å². The molecule has 1 saturated carbocycles. The number of amides is 3. The minimum Gasteiger partial charge on any atom is -0.480 e. The lowest BCUT2D eigenvalue weighted by molar-refractivity contribution is -0.147. The number of nitrogens with zero attached hydrogens (tertiary/aromatic N) is 1. The summed E-state index contributed by atoms with van der Waals surface area (Å²) in [6.07, 6.45) is -4.74. The number of aliphatic carboxylic acids is 1. The third kappa shape index (κ3) is 6.15. The molecule has 1 heterocycles. The largest absolute Gasteiger partial charge is 0.480 e. The Hall–Kier alpha value is -2.46. The molecule has 34 heavy (non-hydrogen) atoms. The lowest BCUT2D eigenvalue weighted by Crippen LogP contribution is -2.60. The molecular weight excluding hydrogens is 452 g/mol. The number of halogens is 2. The highest BCUT2D eigenvalue weighted by Gasteiger charge is 2.69. The van der Waals surface area contributed by atoms with Crippen molar-refractivity contribution in [2.75, 3.05) is 6.54 Å². The highest BCUT2D eigenvalue weighted by molar-refractivity contribution is 5.94. The van der Waals surface area contributed by atoms with Gasteiger partial charge < -0.3 is 25.4 Å². The molecule has 0 aromatic heterocycles. The van der Waals surface area contributed by atoms with Crippen molar-refractivity contribution in [3.8, 4) is 0 Å². The van der Waals surface area contributed by atoms with Crippen molar-refractivity contribution >= 4 is 23.9 Å². The molecule has 0 bridgehead atoms. The highest BCUT2D eigenvalue weighted by atomic mass is 19.3. The molecule has 0 aromatic carbocycles. The normalized spacial score (nSPS) is 25.3. The molecule has 0 aromatic rings. The molecule has 0 radical (unpaired) electrons. The monoisotopic (exact) mass is 489 g/mol. The molecule has 5 atom stereocenters. The lowest BCUT2D eigenvalue weighted by atomic mass is 9.85. The van der Waals surface area contributed by atoms with Crippen molar-refractivity contribution in [1.29, 1.82) is 0 Å². The Labute approximate surface area is 199 Å².